The van der Waals surface area contributed by atoms with Crippen LogP contribution >= 0.6 is 0 Å². The minimum absolute atomic E-state index is 0.171. The fourth-order valence-electron chi connectivity index (χ4n) is 0.944. The van der Waals surface area contributed by atoms with Crippen molar-refractivity contribution in [2.75, 3.05) is 39.6 Å². The smallest absolute Gasteiger partial charge is 0.213 e. The molecule has 0 rings (SSSR count). The van der Waals surface area contributed by atoms with Crippen molar-refractivity contribution < 1.29 is 13.2 Å². The molecule has 2 N–H and O–H groups in total. The average Bonchev–Trinajstić information content (AvgIpc) is 2.14. The lowest BCUT2D eigenvalue weighted by molar-refractivity contribution is 0.185. The highest BCUT2D eigenvalue weighted by Gasteiger charge is 2.16. The van der Waals surface area contributed by atoms with Crippen LogP contribution in [0.25, 0.3) is 0 Å². The van der Waals surface area contributed by atoms with Crippen molar-refractivity contribution in [2.24, 2.45) is 5.73 Å². The van der Waals surface area contributed by atoms with E-state index >= 15 is 0 Å². The van der Waals surface area contributed by atoms with Crippen LogP contribution in [0.3, 0.4) is 0 Å². The van der Waals surface area contributed by atoms with Gasteiger partial charge in [0.1, 0.15) is 0 Å². The van der Waals surface area contributed by atoms with Gasteiger partial charge in [-0.05, 0) is 19.4 Å². The average molecular weight is 224 g/mol. The molecule has 0 spiro atoms. The fraction of sp³-hybridized carbons (Fsp3) is 1.00. The van der Waals surface area contributed by atoms with Gasteiger partial charge in [0.15, 0.2) is 0 Å². The lowest BCUT2D eigenvalue weighted by Crippen LogP contribution is -2.32. The third-order valence-corrected chi connectivity index (χ3v) is 3.88. The number of nitrogens with two attached hydrogens (primary N) is 1. The lowest BCUT2D eigenvalue weighted by Gasteiger charge is -2.16. The normalized spacial score (nSPS) is 12.3. The lowest BCUT2D eigenvalue weighted by atomic mass is 10.3. The van der Waals surface area contributed by atoms with Gasteiger partial charge in [0.25, 0.3) is 0 Å². The highest BCUT2D eigenvalue weighted by molar-refractivity contribution is 7.89. The molecular weight excluding hydrogens is 204 g/mol. The number of hydrogen-bond acceptors (Lipinski definition) is 4. The summed E-state index contributed by atoms with van der Waals surface area (Å²) < 4.78 is 29.2. The van der Waals surface area contributed by atoms with E-state index in [1.54, 1.807) is 14.2 Å². The number of likely N-dealkylation sites (N-methyl/N-ethyl adjacent to an activating group) is 1. The molecule has 0 amide bonds. The number of rotatable bonds is 8. The molecule has 86 valence electrons. The van der Waals surface area contributed by atoms with E-state index in [0.29, 0.717) is 26.1 Å². The summed E-state index contributed by atoms with van der Waals surface area (Å²) in [5, 5.41) is 0. The van der Waals surface area contributed by atoms with Crippen LogP contribution in [0.4, 0.5) is 0 Å². The summed E-state index contributed by atoms with van der Waals surface area (Å²) in [6.45, 7) is 1.37. The number of sulfonamides is 1. The van der Waals surface area contributed by atoms with Gasteiger partial charge in [0.05, 0.1) is 12.4 Å². The summed E-state index contributed by atoms with van der Waals surface area (Å²) in [7, 11) is 0.00976. The van der Waals surface area contributed by atoms with Crippen molar-refractivity contribution in [3.8, 4) is 0 Å². The zero-order valence-electron chi connectivity index (χ0n) is 8.90. The minimum atomic E-state index is -3.11. The molecule has 0 aliphatic rings. The van der Waals surface area contributed by atoms with E-state index in [1.165, 1.54) is 4.31 Å². The number of hydrogen-bond donors (Lipinski definition) is 1. The predicted octanol–water partition coefficient (Wildman–Crippen LogP) is -0.367. The Bertz CT molecular complexity index is 229. The summed E-state index contributed by atoms with van der Waals surface area (Å²) >= 11 is 0. The van der Waals surface area contributed by atoms with E-state index in [4.69, 9.17) is 10.5 Å². The van der Waals surface area contributed by atoms with Crippen LogP contribution in [-0.2, 0) is 14.8 Å². The van der Waals surface area contributed by atoms with Crippen LogP contribution in [0.15, 0.2) is 0 Å². The van der Waals surface area contributed by atoms with Gasteiger partial charge in [-0.2, -0.15) is 0 Å². The first-order valence-corrected chi connectivity index (χ1v) is 6.28. The quantitative estimate of drug-likeness (QED) is 0.571. The Kier molecular flexibility index (Phi) is 7.08. The van der Waals surface area contributed by atoms with Crippen LogP contribution in [0.2, 0.25) is 0 Å². The first kappa shape index (κ1) is 13.8. The number of nitrogens with zero attached hydrogens (tertiary/aromatic N) is 1. The standard InChI is InChI=1S/C8H20N2O3S/c1-10(6-7-13-2)14(11,12)8-4-3-5-9/h3-9H2,1-2H3. The van der Waals surface area contributed by atoms with Crippen molar-refractivity contribution in [1.82, 2.24) is 4.31 Å². The minimum Gasteiger partial charge on any atom is -0.383 e. The van der Waals surface area contributed by atoms with Gasteiger partial charge in [-0.3, -0.25) is 0 Å². The van der Waals surface area contributed by atoms with Gasteiger partial charge < -0.3 is 10.5 Å². The van der Waals surface area contributed by atoms with Crippen molar-refractivity contribution >= 4 is 10.0 Å². The Hall–Kier alpha value is -0.170. The summed E-state index contributed by atoms with van der Waals surface area (Å²) in [5.41, 5.74) is 5.29. The highest BCUT2D eigenvalue weighted by Crippen LogP contribution is 2.01. The van der Waals surface area contributed by atoms with E-state index in [-0.39, 0.29) is 5.75 Å². The Morgan fingerprint density at radius 3 is 2.50 bits per heavy atom. The third-order valence-electron chi connectivity index (χ3n) is 1.94. The fourth-order valence-corrected chi connectivity index (χ4v) is 2.18. The summed E-state index contributed by atoms with van der Waals surface area (Å²) in [4.78, 5) is 0. The molecule has 0 atom stereocenters. The Balaban J connectivity index is 3.91. The predicted molar refractivity (Wildman–Crippen MR) is 56.6 cm³/mol. The second kappa shape index (κ2) is 7.17. The van der Waals surface area contributed by atoms with Crippen LogP contribution < -0.4 is 5.73 Å². The van der Waals surface area contributed by atoms with Gasteiger partial charge in [-0.25, -0.2) is 12.7 Å². The maximum atomic E-state index is 11.5. The summed E-state index contributed by atoms with van der Waals surface area (Å²) in [6.07, 6.45) is 1.37. The third kappa shape index (κ3) is 5.54. The first-order chi connectivity index (χ1) is 6.54. The monoisotopic (exact) mass is 224 g/mol. The molecule has 0 bridgehead atoms. The molecular formula is C8H20N2O3S. The molecule has 0 heterocycles. The van der Waals surface area contributed by atoms with Gasteiger partial charge in [-0.15, -0.1) is 0 Å². The molecule has 6 heteroatoms. The zero-order chi connectivity index (χ0) is 11.0. The van der Waals surface area contributed by atoms with Crippen molar-refractivity contribution in [1.29, 1.82) is 0 Å². The van der Waals surface area contributed by atoms with Crippen molar-refractivity contribution in [2.45, 2.75) is 12.8 Å². The maximum absolute atomic E-state index is 11.5. The van der Waals surface area contributed by atoms with Gasteiger partial charge in [-0.1, -0.05) is 0 Å². The molecule has 0 saturated heterocycles. The molecule has 5 nitrogen and oxygen atoms in total. The molecule has 0 aromatic rings. The van der Waals surface area contributed by atoms with Crippen LogP contribution in [0.5, 0.6) is 0 Å². The number of ether oxygens (including phenoxy) is 1. The van der Waals surface area contributed by atoms with Gasteiger partial charge >= 0.3 is 0 Å². The summed E-state index contributed by atoms with van der Waals surface area (Å²) in [5.74, 6) is 0.171. The van der Waals surface area contributed by atoms with E-state index in [9.17, 15) is 8.42 Å². The van der Waals surface area contributed by atoms with Crippen molar-refractivity contribution in [3.63, 3.8) is 0 Å². The topological polar surface area (TPSA) is 72.6 Å². The molecule has 0 aliphatic carbocycles. The highest BCUT2D eigenvalue weighted by atomic mass is 32.2. The number of unbranched alkanes of at least 4 members (excludes halogenated alkanes) is 1. The van der Waals surface area contributed by atoms with Gasteiger partial charge in [0, 0.05) is 20.7 Å². The molecule has 0 aromatic heterocycles. The molecule has 0 saturated carbocycles. The molecule has 0 unspecified atom stereocenters. The Morgan fingerprint density at radius 2 is 2.00 bits per heavy atom. The van der Waals surface area contributed by atoms with E-state index in [2.05, 4.69) is 0 Å². The molecule has 14 heavy (non-hydrogen) atoms. The molecule has 0 aromatic carbocycles. The Labute approximate surface area is 86.3 Å². The molecule has 0 radical (unpaired) electrons. The van der Waals surface area contributed by atoms with Crippen LogP contribution in [0.1, 0.15) is 12.8 Å². The van der Waals surface area contributed by atoms with Crippen molar-refractivity contribution in [3.05, 3.63) is 0 Å². The van der Waals surface area contributed by atoms with Crippen LogP contribution in [-0.4, -0.2) is 52.3 Å². The first-order valence-electron chi connectivity index (χ1n) is 4.67. The van der Waals surface area contributed by atoms with E-state index < -0.39 is 10.0 Å². The Morgan fingerprint density at radius 1 is 1.36 bits per heavy atom. The largest absolute Gasteiger partial charge is 0.383 e. The van der Waals surface area contributed by atoms with E-state index in [0.717, 1.165) is 6.42 Å². The molecule has 0 fully saturated rings. The van der Waals surface area contributed by atoms with Gasteiger partial charge in [0.2, 0.25) is 10.0 Å². The van der Waals surface area contributed by atoms with Crippen LogP contribution in [0, 0.1) is 0 Å². The molecule has 0 aliphatic heterocycles. The SMILES string of the molecule is COCCN(C)S(=O)(=O)CCCCN. The number of methoxy groups -OCH3 is 1. The summed E-state index contributed by atoms with van der Waals surface area (Å²) in [6, 6.07) is 0. The maximum Gasteiger partial charge on any atom is 0.213 e. The zero-order valence-corrected chi connectivity index (χ0v) is 9.72. The second-order valence-electron chi connectivity index (χ2n) is 3.13. The van der Waals surface area contributed by atoms with E-state index in [1.807, 2.05) is 0 Å². The second-order valence-corrected chi connectivity index (χ2v) is 5.32.